The number of nitrogens with one attached hydrogen (secondary N) is 1. The molecule has 2 aliphatic rings. The molecule has 1 aliphatic heterocycles. The number of carbonyl (C=O) groups is 2. The number of anilines is 1. The minimum Gasteiger partial charge on any atom is -0.338 e. The van der Waals surface area contributed by atoms with Crippen molar-refractivity contribution in [2.45, 2.75) is 64.6 Å². The standard InChI is InChI=1S/C27H39N7O3/c1-3-31(22-7-5-4-6-8-22)19-21-9-11-23(12-10-21)34-14-13-24(30-27(34)37)29-26(36)33-17-15-32(16-18-33)25(35)20(2)28/h9-14,20,22H,3-8,15-19,28H2,1-2H3,(H,29,30,36,37)/t20-/m0/s1. The molecule has 1 saturated heterocycles. The third-order valence-electron chi connectivity index (χ3n) is 7.40. The molecule has 2 fully saturated rings. The van der Waals surface area contributed by atoms with E-state index in [1.807, 2.05) is 12.1 Å². The molecule has 3 N–H and O–H groups in total. The van der Waals surface area contributed by atoms with Crippen LogP contribution in [0.5, 0.6) is 0 Å². The minimum atomic E-state index is -0.556. The van der Waals surface area contributed by atoms with E-state index in [9.17, 15) is 14.4 Å². The van der Waals surface area contributed by atoms with Crippen molar-refractivity contribution in [2.24, 2.45) is 5.73 Å². The van der Waals surface area contributed by atoms with E-state index in [0.717, 1.165) is 18.8 Å². The summed E-state index contributed by atoms with van der Waals surface area (Å²) in [6.07, 6.45) is 8.16. The van der Waals surface area contributed by atoms with Crippen molar-refractivity contribution in [3.63, 3.8) is 0 Å². The van der Waals surface area contributed by atoms with Gasteiger partial charge in [0, 0.05) is 45.0 Å². The third-order valence-corrected chi connectivity index (χ3v) is 7.40. The van der Waals surface area contributed by atoms with Crippen molar-refractivity contribution in [1.29, 1.82) is 0 Å². The van der Waals surface area contributed by atoms with Crippen LogP contribution < -0.4 is 16.7 Å². The summed E-state index contributed by atoms with van der Waals surface area (Å²) in [5.74, 6) is 0.0771. The van der Waals surface area contributed by atoms with Gasteiger partial charge in [-0.3, -0.25) is 19.6 Å². The van der Waals surface area contributed by atoms with Gasteiger partial charge >= 0.3 is 11.7 Å². The first-order valence-corrected chi connectivity index (χ1v) is 13.4. The zero-order valence-electron chi connectivity index (χ0n) is 21.9. The van der Waals surface area contributed by atoms with Gasteiger partial charge in [-0.1, -0.05) is 38.3 Å². The third kappa shape index (κ3) is 6.75. The molecule has 2 aromatic rings. The first-order chi connectivity index (χ1) is 17.9. The molecule has 200 valence electrons. The van der Waals surface area contributed by atoms with E-state index in [2.05, 4.69) is 34.3 Å². The van der Waals surface area contributed by atoms with Gasteiger partial charge in [0.1, 0.15) is 5.82 Å². The molecule has 10 nitrogen and oxygen atoms in total. The summed E-state index contributed by atoms with van der Waals surface area (Å²) >= 11 is 0. The highest BCUT2D eigenvalue weighted by atomic mass is 16.2. The van der Waals surface area contributed by atoms with Gasteiger partial charge in [0.15, 0.2) is 0 Å². The lowest BCUT2D eigenvalue weighted by Gasteiger charge is -2.35. The lowest BCUT2D eigenvalue weighted by atomic mass is 9.94. The highest BCUT2D eigenvalue weighted by Gasteiger charge is 2.26. The molecule has 1 saturated carbocycles. The predicted molar refractivity (Wildman–Crippen MR) is 144 cm³/mol. The molecule has 0 bridgehead atoms. The van der Waals surface area contributed by atoms with Gasteiger partial charge in [0.05, 0.1) is 11.7 Å². The Balaban J connectivity index is 1.34. The van der Waals surface area contributed by atoms with Gasteiger partial charge in [0.25, 0.3) is 0 Å². The Morgan fingerprint density at radius 2 is 1.70 bits per heavy atom. The van der Waals surface area contributed by atoms with Crippen LogP contribution in [0.2, 0.25) is 0 Å². The van der Waals surface area contributed by atoms with Crippen LogP contribution in [-0.4, -0.2) is 81.0 Å². The van der Waals surface area contributed by atoms with E-state index < -0.39 is 11.7 Å². The van der Waals surface area contributed by atoms with Crippen LogP contribution in [0.15, 0.2) is 41.3 Å². The van der Waals surface area contributed by atoms with E-state index in [4.69, 9.17) is 5.73 Å². The second-order valence-electron chi connectivity index (χ2n) is 10.0. The topological polar surface area (TPSA) is 117 Å². The fourth-order valence-corrected chi connectivity index (χ4v) is 5.22. The second-order valence-corrected chi connectivity index (χ2v) is 10.0. The fraction of sp³-hybridized carbons (Fsp3) is 0.556. The maximum Gasteiger partial charge on any atom is 0.354 e. The summed E-state index contributed by atoms with van der Waals surface area (Å²) in [6, 6.07) is 9.39. The number of amides is 3. The molecular weight excluding hydrogens is 470 g/mol. The smallest absolute Gasteiger partial charge is 0.338 e. The van der Waals surface area contributed by atoms with Crippen LogP contribution >= 0.6 is 0 Å². The van der Waals surface area contributed by atoms with Crippen LogP contribution in [0.4, 0.5) is 10.6 Å². The van der Waals surface area contributed by atoms with Crippen LogP contribution in [0.25, 0.3) is 5.69 Å². The normalized spacial score (nSPS) is 17.6. The lowest BCUT2D eigenvalue weighted by Crippen LogP contribution is -2.54. The Hall–Kier alpha value is -3.24. The molecular formula is C27H39N7O3. The van der Waals surface area contributed by atoms with Gasteiger partial charge in [-0.05, 0) is 50.1 Å². The summed E-state index contributed by atoms with van der Waals surface area (Å²) in [5.41, 5.74) is 7.16. The zero-order valence-corrected chi connectivity index (χ0v) is 21.9. The molecule has 2 heterocycles. The molecule has 1 aromatic heterocycles. The first-order valence-electron chi connectivity index (χ1n) is 13.4. The number of benzene rings is 1. The van der Waals surface area contributed by atoms with Gasteiger partial charge in [-0.2, -0.15) is 4.98 Å². The lowest BCUT2D eigenvalue weighted by molar-refractivity contribution is -0.133. The highest BCUT2D eigenvalue weighted by Crippen LogP contribution is 2.24. The Morgan fingerprint density at radius 1 is 1.05 bits per heavy atom. The van der Waals surface area contributed by atoms with Crippen molar-refractivity contribution in [3.8, 4) is 5.69 Å². The summed E-state index contributed by atoms with van der Waals surface area (Å²) < 4.78 is 1.47. The van der Waals surface area contributed by atoms with Gasteiger partial charge < -0.3 is 15.5 Å². The number of nitrogens with two attached hydrogens (primary N) is 1. The van der Waals surface area contributed by atoms with E-state index in [1.165, 1.54) is 42.2 Å². The van der Waals surface area contributed by atoms with Crippen molar-refractivity contribution < 1.29 is 9.59 Å². The number of hydrogen-bond acceptors (Lipinski definition) is 6. The molecule has 1 atom stereocenters. The molecule has 1 aliphatic carbocycles. The maximum absolute atomic E-state index is 12.7. The van der Waals surface area contributed by atoms with E-state index >= 15 is 0 Å². The zero-order chi connectivity index (χ0) is 26.4. The number of piperazine rings is 1. The molecule has 0 radical (unpaired) electrons. The minimum absolute atomic E-state index is 0.120. The Morgan fingerprint density at radius 3 is 2.30 bits per heavy atom. The number of nitrogens with zero attached hydrogens (tertiary/aromatic N) is 5. The summed E-state index contributed by atoms with van der Waals surface area (Å²) in [6.45, 7) is 7.45. The van der Waals surface area contributed by atoms with Crippen LogP contribution in [-0.2, 0) is 11.3 Å². The molecule has 37 heavy (non-hydrogen) atoms. The SMILES string of the molecule is CCN(Cc1ccc(-n2ccc(NC(=O)N3CCN(C(=O)[C@H](C)N)CC3)nc2=O)cc1)C1CCCCC1. The number of hydrogen-bond donors (Lipinski definition) is 2. The van der Waals surface area contributed by atoms with Crippen LogP contribution in [0.1, 0.15) is 51.5 Å². The van der Waals surface area contributed by atoms with E-state index in [-0.39, 0.29) is 17.8 Å². The molecule has 1 aromatic carbocycles. The first kappa shape index (κ1) is 26.8. The average molecular weight is 510 g/mol. The number of aromatic nitrogens is 2. The van der Waals surface area contributed by atoms with Crippen molar-refractivity contribution in [3.05, 3.63) is 52.6 Å². The van der Waals surface area contributed by atoms with Crippen LogP contribution in [0, 0.1) is 0 Å². The Labute approximate surface area is 218 Å². The molecule has 3 amide bonds. The molecule has 10 heteroatoms. The van der Waals surface area contributed by atoms with Crippen molar-refractivity contribution in [1.82, 2.24) is 24.3 Å². The Bertz CT molecular complexity index is 1120. The van der Waals surface area contributed by atoms with E-state index in [0.29, 0.717) is 32.2 Å². The summed E-state index contributed by atoms with van der Waals surface area (Å²) in [5, 5.41) is 2.70. The van der Waals surface area contributed by atoms with Crippen molar-refractivity contribution in [2.75, 3.05) is 38.0 Å². The largest absolute Gasteiger partial charge is 0.354 e. The van der Waals surface area contributed by atoms with Crippen LogP contribution in [0.3, 0.4) is 0 Å². The van der Waals surface area contributed by atoms with Gasteiger partial charge in [-0.25, -0.2) is 9.59 Å². The van der Waals surface area contributed by atoms with Gasteiger partial charge in [-0.15, -0.1) is 0 Å². The quantitative estimate of drug-likeness (QED) is 0.592. The highest BCUT2D eigenvalue weighted by molar-refractivity contribution is 5.88. The Kier molecular flexibility index (Phi) is 8.94. The molecule has 4 rings (SSSR count). The summed E-state index contributed by atoms with van der Waals surface area (Å²) in [4.78, 5) is 47.3. The van der Waals surface area contributed by atoms with Crippen molar-refractivity contribution >= 4 is 17.8 Å². The number of carbonyl (C=O) groups excluding carboxylic acids is 2. The summed E-state index contributed by atoms with van der Waals surface area (Å²) in [7, 11) is 0. The predicted octanol–water partition coefficient (Wildman–Crippen LogP) is 2.41. The molecule has 0 spiro atoms. The maximum atomic E-state index is 12.7. The molecule has 0 unspecified atom stereocenters. The monoisotopic (exact) mass is 509 g/mol. The number of urea groups is 1. The number of rotatable bonds is 7. The van der Waals surface area contributed by atoms with E-state index in [1.54, 1.807) is 29.0 Å². The second kappa shape index (κ2) is 12.3. The van der Waals surface area contributed by atoms with Gasteiger partial charge in [0.2, 0.25) is 5.91 Å². The fourth-order valence-electron chi connectivity index (χ4n) is 5.22. The average Bonchev–Trinajstić information content (AvgIpc) is 2.92.